The third kappa shape index (κ3) is 4.19. The minimum Gasteiger partial charge on any atom is -0.494 e. The largest absolute Gasteiger partial charge is 0.494 e. The molecule has 0 aliphatic carbocycles. The summed E-state index contributed by atoms with van der Waals surface area (Å²) in [5.74, 6) is 0.652. The molecule has 0 aliphatic rings. The highest BCUT2D eigenvalue weighted by Crippen LogP contribution is 2.19. The Labute approximate surface area is 109 Å². The van der Waals surface area contributed by atoms with Crippen LogP contribution in [0.4, 0.5) is 5.69 Å². The second-order valence-corrected chi connectivity index (χ2v) is 6.08. The number of nitrogens with one attached hydrogen (secondary N) is 2. The Morgan fingerprint density at radius 1 is 1.39 bits per heavy atom. The molecular formula is C12H20N2O3S. The van der Waals surface area contributed by atoms with E-state index in [4.69, 9.17) is 4.74 Å². The van der Waals surface area contributed by atoms with Gasteiger partial charge in [-0.2, -0.15) is 0 Å². The van der Waals surface area contributed by atoms with E-state index in [1.54, 1.807) is 38.2 Å². The second kappa shape index (κ2) is 6.61. The molecule has 1 aromatic rings. The first-order chi connectivity index (χ1) is 8.49. The fraction of sp³-hybridized carbons (Fsp3) is 0.500. The van der Waals surface area contributed by atoms with Crippen molar-refractivity contribution in [3.63, 3.8) is 0 Å². The van der Waals surface area contributed by atoms with Gasteiger partial charge in [0.25, 0.3) is 0 Å². The molecule has 18 heavy (non-hydrogen) atoms. The fourth-order valence-corrected chi connectivity index (χ4v) is 2.52. The van der Waals surface area contributed by atoms with Crippen LogP contribution in [0.2, 0.25) is 0 Å². The summed E-state index contributed by atoms with van der Waals surface area (Å²) in [7, 11) is -1.65. The molecule has 0 saturated heterocycles. The van der Waals surface area contributed by atoms with Crippen LogP contribution in [-0.2, 0) is 10.0 Å². The van der Waals surface area contributed by atoms with Crippen molar-refractivity contribution in [2.24, 2.45) is 0 Å². The Morgan fingerprint density at radius 3 is 2.72 bits per heavy atom. The smallest absolute Gasteiger partial charge is 0.236 e. The van der Waals surface area contributed by atoms with Gasteiger partial charge in [-0.1, -0.05) is 6.07 Å². The predicted molar refractivity (Wildman–Crippen MR) is 73.5 cm³/mol. The number of rotatable bonds is 7. The van der Waals surface area contributed by atoms with Crippen LogP contribution in [0, 0.1) is 0 Å². The molecule has 0 fully saturated rings. The molecule has 0 saturated carbocycles. The topological polar surface area (TPSA) is 67.4 Å². The van der Waals surface area contributed by atoms with E-state index >= 15 is 0 Å². The fourth-order valence-electron chi connectivity index (χ4n) is 1.48. The zero-order valence-corrected chi connectivity index (χ0v) is 11.8. The quantitative estimate of drug-likeness (QED) is 0.788. The van der Waals surface area contributed by atoms with E-state index in [2.05, 4.69) is 10.0 Å². The van der Waals surface area contributed by atoms with Gasteiger partial charge in [0, 0.05) is 12.6 Å². The van der Waals surface area contributed by atoms with E-state index in [0.29, 0.717) is 24.6 Å². The highest BCUT2D eigenvalue weighted by atomic mass is 32.2. The van der Waals surface area contributed by atoms with Crippen molar-refractivity contribution in [1.82, 2.24) is 5.32 Å². The number of hydrogen-bond acceptors (Lipinski definition) is 4. The molecule has 5 nitrogen and oxygen atoms in total. The third-order valence-corrected chi connectivity index (χ3v) is 4.17. The summed E-state index contributed by atoms with van der Waals surface area (Å²) >= 11 is 0. The maximum absolute atomic E-state index is 12.0. The van der Waals surface area contributed by atoms with Crippen LogP contribution in [-0.4, -0.2) is 33.9 Å². The normalized spacial score (nSPS) is 13.1. The van der Waals surface area contributed by atoms with Crippen LogP contribution in [0.25, 0.3) is 0 Å². The molecule has 1 unspecified atom stereocenters. The van der Waals surface area contributed by atoms with E-state index in [1.165, 1.54) is 0 Å². The zero-order chi connectivity index (χ0) is 13.6. The van der Waals surface area contributed by atoms with Gasteiger partial charge < -0.3 is 10.1 Å². The molecule has 102 valence electrons. The molecule has 0 heterocycles. The molecule has 1 atom stereocenters. The molecule has 1 aromatic carbocycles. The minimum atomic E-state index is -3.38. The van der Waals surface area contributed by atoms with Crippen molar-refractivity contribution in [2.75, 3.05) is 24.9 Å². The van der Waals surface area contributed by atoms with Crippen molar-refractivity contribution in [3.05, 3.63) is 24.3 Å². The highest BCUT2D eigenvalue weighted by Gasteiger charge is 2.19. The van der Waals surface area contributed by atoms with Crippen molar-refractivity contribution < 1.29 is 13.2 Å². The summed E-state index contributed by atoms with van der Waals surface area (Å²) in [6.07, 6.45) is 0. The van der Waals surface area contributed by atoms with E-state index in [1.807, 2.05) is 6.92 Å². The van der Waals surface area contributed by atoms with Crippen LogP contribution in [0.3, 0.4) is 0 Å². The first kappa shape index (κ1) is 14.8. The average Bonchev–Trinajstić information content (AvgIpc) is 2.29. The van der Waals surface area contributed by atoms with Gasteiger partial charge in [-0.25, -0.2) is 8.42 Å². The van der Waals surface area contributed by atoms with Gasteiger partial charge in [-0.05, 0) is 33.0 Å². The summed E-state index contributed by atoms with van der Waals surface area (Å²) in [4.78, 5) is 0. The van der Waals surface area contributed by atoms with Gasteiger partial charge in [0.15, 0.2) is 0 Å². The first-order valence-corrected chi connectivity index (χ1v) is 7.43. The molecule has 0 aliphatic heterocycles. The van der Waals surface area contributed by atoms with Crippen LogP contribution in [0.5, 0.6) is 5.75 Å². The van der Waals surface area contributed by atoms with Crippen molar-refractivity contribution in [3.8, 4) is 5.75 Å². The summed E-state index contributed by atoms with van der Waals surface area (Å²) in [5, 5.41) is 2.35. The van der Waals surface area contributed by atoms with E-state index in [0.717, 1.165) is 0 Å². The summed E-state index contributed by atoms with van der Waals surface area (Å²) in [6.45, 7) is 4.49. The maximum atomic E-state index is 12.0. The zero-order valence-electron chi connectivity index (χ0n) is 10.9. The van der Waals surface area contributed by atoms with Crippen LogP contribution in [0.15, 0.2) is 24.3 Å². The lowest BCUT2D eigenvalue weighted by Gasteiger charge is -2.14. The second-order valence-electron chi connectivity index (χ2n) is 3.98. The molecule has 0 radical (unpaired) electrons. The Balaban J connectivity index is 2.80. The molecule has 0 amide bonds. The van der Waals surface area contributed by atoms with Gasteiger partial charge in [-0.15, -0.1) is 0 Å². The molecular weight excluding hydrogens is 252 g/mol. The van der Waals surface area contributed by atoms with Crippen LogP contribution >= 0.6 is 0 Å². The number of benzene rings is 1. The molecule has 0 aromatic heterocycles. The number of anilines is 1. The summed E-state index contributed by atoms with van der Waals surface area (Å²) < 4.78 is 31.8. The van der Waals surface area contributed by atoms with Crippen molar-refractivity contribution >= 4 is 15.7 Å². The summed E-state index contributed by atoms with van der Waals surface area (Å²) in [5.41, 5.74) is 0.518. The van der Waals surface area contributed by atoms with Gasteiger partial charge >= 0.3 is 0 Å². The third-order valence-electron chi connectivity index (χ3n) is 2.43. The Hall–Kier alpha value is -1.27. The number of sulfonamides is 1. The van der Waals surface area contributed by atoms with Crippen molar-refractivity contribution in [2.45, 2.75) is 19.1 Å². The Morgan fingerprint density at radius 2 is 2.11 bits per heavy atom. The monoisotopic (exact) mass is 272 g/mol. The average molecular weight is 272 g/mol. The standard InChI is InChI=1S/C12H20N2O3S/c1-4-17-12-7-5-6-11(8-12)14-18(15,16)10(2)9-13-3/h5-8,10,13-14H,4,9H2,1-3H3. The first-order valence-electron chi connectivity index (χ1n) is 5.88. The Kier molecular flexibility index (Phi) is 5.43. The molecule has 0 bridgehead atoms. The van der Waals surface area contributed by atoms with Gasteiger partial charge in [0.05, 0.1) is 17.5 Å². The molecule has 6 heteroatoms. The predicted octanol–water partition coefficient (Wildman–Crippen LogP) is 1.43. The van der Waals surface area contributed by atoms with Crippen LogP contribution < -0.4 is 14.8 Å². The lowest BCUT2D eigenvalue weighted by Crippen LogP contribution is -2.33. The molecule has 1 rings (SSSR count). The Bertz CT molecular complexity index is 474. The lowest BCUT2D eigenvalue weighted by atomic mass is 10.3. The minimum absolute atomic E-state index is 0.403. The maximum Gasteiger partial charge on any atom is 0.236 e. The number of ether oxygens (including phenoxy) is 1. The van der Waals surface area contributed by atoms with Crippen molar-refractivity contribution in [1.29, 1.82) is 0 Å². The molecule has 0 spiro atoms. The summed E-state index contributed by atoms with van der Waals surface area (Å²) in [6, 6.07) is 6.92. The highest BCUT2D eigenvalue weighted by molar-refractivity contribution is 7.93. The number of hydrogen-bond donors (Lipinski definition) is 2. The lowest BCUT2D eigenvalue weighted by molar-refractivity contribution is 0.340. The van der Waals surface area contributed by atoms with Gasteiger partial charge in [-0.3, -0.25) is 4.72 Å². The van der Waals surface area contributed by atoms with E-state index in [9.17, 15) is 8.42 Å². The molecule has 2 N–H and O–H groups in total. The van der Waals surface area contributed by atoms with Crippen LogP contribution in [0.1, 0.15) is 13.8 Å². The van der Waals surface area contributed by atoms with Gasteiger partial charge in [0.2, 0.25) is 10.0 Å². The van der Waals surface area contributed by atoms with E-state index in [-0.39, 0.29) is 0 Å². The SMILES string of the molecule is CCOc1cccc(NS(=O)(=O)C(C)CNC)c1. The van der Waals surface area contributed by atoms with E-state index < -0.39 is 15.3 Å². The van der Waals surface area contributed by atoms with Gasteiger partial charge in [0.1, 0.15) is 5.75 Å².